The number of aromatic hydroxyl groups is 1. The van der Waals surface area contributed by atoms with Crippen molar-refractivity contribution < 1.29 is 29.0 Å². The number of hydrogen-bond acceptors (Lipinski definition) is 7. The second-order valence-electron chi connectivity index (χ2n) is 12.5. The van der Waals surface area contributed by atoms with Gasteiger partial charge in [-0.3, -0.25) is 14.3 Å². The summed E-state index contributed by atoms with van der Waals surface area (Å²) in [5.41, 5.74) is 3.86. The van der Waals surface area contributed by atoms with E-state index >= 15 is 0 Å². The molecule has 11 nitrogen and oxygen atoms in total. The first-order chi connectivity index (χ1) is 22.9. The van der Waals surface area contributed by atoms with Gasteiger partial charge in [-0.2, -0.15) is 5.10 Å². The summed E-state index contributed by atoms with van der Waals surface area (Å²) in [5, 5.41) is 20.5. The van der Waals surface area contributed by atoms with E-state index in [9.17, 15) is 19.5 Å². The van der Waals surface area contributed by atoms with Crippen molar-refractivity contribution in [1.82, 2.24) is 20.0 Å². The highest BCUT2D eigenvalue weighted by Gasteiger charge is 2.38. The summed E-state index contributed by atoms with van der Waals surface area (Å²) in [7, 11) is 1.80. The van der Waals surface area contributed by atoms with E-state index in [1.165, 1.54) is 4.90 Å². The number of rotatable bonds is 6. The summed E-state index contributed by atoms with van der Waals surface area (Å²) in [6.45, 7) is 7.58. The van der Waals surface area contributed by atoms with Crippen LogP contribution in [0, 0.1) is 18.8 Å². The molecule has 2 atom stereocenters. The Hall–Kier alpha value is -5.60. The van der Waals surface area contributed by atoms with Crippen LogP contribution in [0.5, 0.6) is 5.75 Å². The van der Waals surface area contributed by atoms with Gasteiger partial charge in [-0.15, -0.1) is 0 Å². The Kier molecular flexibility index (Phi) is 10.2. The minimum absolute atomic E-state index is 0.000975. The number of benzene rings is 3. The summed E-state index contributed by atoms with van der Waals surface area (Å²) in [5.74, 6) is 5.52. The fourth-order valence-corrected chi connectivity index (χ4v) is 5.23. The van der Waals surface area contributed by atoms with Gasteiger partial charge in [0.1, 0.15) is 29.1 Å². The molecule has 1 aliphatic heterocycles. The van der Waals surface area contributed by atoms with E-state index in [0.29, 0.717) is 33.6 Å². The van der Waals surface area contributed by atoms with Gasteiger partial charge in [-0.1, -0.05) is 53.8 Å². The van der Waals surface area contributed by atoms with Crippen LogP contribution in [0.2, 0.25) is 0 Å². The number of phenolic OH excluding ortho intramolecular Hbond substituents is 1. The Bertz CT molecular complexity index is 1850. The molecule has 248 valence electrons. The molecule has 4 aromatic rings. The van der Waals surface area contributed by atoms with Crippen LogP contribution < -0.4 is 10.6 Å². The molecule has 1 saturated heterocycles. The highest BCUT2D eigenvalue weighted by Crippen LogP contribution is 2.31. The highest BCUT2D eigenvalue weighted by atomic mass is 16.6. The Morgan fingerprint density at radius 3 is 2.48 bits per heavy atom. The van der Waals surface area contributed by atoms with E-state index in [0.717, 1.165) is 5.56 Å². The highest BCUT2D eigenvalue weighted by molar-refractivity contribution is 5.98. The molecule has 0 bridgehead atoms. The molecular weight excluding hydrogens is 610 g/mol. The van der Waals surface area contributed by atoms with Gasteiger partial charge in [0, 0.05) is 36.6 Å². The molecule has 1 aromatic heterocycles. The predicted octanol–water partition coefficient (Wildman–Crippen LogP) is 4.93. The molecule has 48 heavy (non-hydrogen) atoms. The van der Waals surface area contributed by atoms with Crippen molar-refractivity contribution in [2.75, 3.05) is 25.1 Å². The lowest BCUT2D eigenvalue weighted by Gasteiger charge is -2.37. The standard InChI is InChI=1S/C37H39N5O6/c1-24-11-18-31(43)29(21-24)32-27(22-41(5)40-32)15-12-25-13-16-28(17-14-25)38-34(44)30-23-47-20-19-42(30)35(45)33(26-9-7-6-8-10-26)39-36(46)48-37(2,3)4/h6-11,13-14,16-18,21-22,30,33,43H,19-20,23H2,1-5H3,(H,38,44)(H,39,46)/t30-,33-/m1/s1. The average Bonchev–Trinajstić information content (AvgIpc) is 3.43. The fraction of sp³-hybridized carbons (Fsp3) is 0.297. The number of aryl methyl sites for hydroxylation is 2. The third kappa shape index (κ3) is 8.40. The van der Waals surface area contributed by atoms with E-state index < -0.39 is 35.6 Å². The molecule has 3 aromatic carbocycles. The summed E-state index contributed by atoms with van der Waals surface area (Å²) >= 11 is 0. The zero-order valence-corrected chi connectivity index (χ0v) is 27.6. The largest absolute Gasteiger partial charge is 0.507 e. The van der Waals surface area contributed by atoms with Crippen LogP contribution in [-0.2, 0) is 26.1 Å². The molecular formula is C37H39N5O6. The summed E-state index contributed by atoms with van der Waals surface area (Å²) in [6, 6.07) is 19.2. The Labute approximate surface area is 279 Å². The number of carbonyl (C=O) groups excluding carboxylic acids is 3. The average molecular weight is 650 g/mol. The molecule has 0 spiro atoms. The number of alkyl carbamates (subject to hydrolysis) is 1. The smallest absolute Gasteiger partial charge is 0.408 e. The maximum absolute atomic E-state index is 13.9. The van der Waals surface area contributed by atoms with E-state index in [-0.39, 0.29) is 25.5 Å². The molecule has 0 radical (unpaired) electrons. The summed E-state index contributed by atoms with van der Waals surface area (Å²) < 4.78 is 12.7. The predicted molar refractivity (Wildman–Crippen MR) is 181 cm³/mol. The van der Waals surface area contributed by atoms with Gasteiger partial charge in [0.15, 0.2) is 0 Å². The van der Waals surface area contributed by atoms with Crippen LogP contribution >= 0.6 is 0 Å². The third-order valence-electron chi connectivity index (χ3n) is 7.49. The first kappa shape index (κ1) is 33.8. The number of hydrogen-bond donors (Lipinski definition) is 3. The number of carbonyl (C=O) groups is 3. The third-order valence-corrected chi connectivity index (χ3v) is 7.49. The minimum atomic E-state index is -1.07. The van der Waals surface area contributed by atoms with E-state index in [4.69, 9.17) is 9.47 Å². The number of nitrogens with one attached hydrogen (secondary N) is 2. The van der Waals surface area contributed by atoms with Crippen LogP contribution in [0.4, 0.5) is 10.5 Å². The minimum Gasteiger partial charge on any atom is -0.507 e. The first-order valence-electron chi connectivity index (χ1n) is 15.6. The molecule has 0 saturated carbocycles. The molecule has 3 amide bonds. The first-order valence-corrected chi connectivity index (χ1v) is 15.6. The zero-order chi connectivity index (χ0) is 34.4. The number of aromatic nitrogens is 2. The van der Waals surface area contributed by atoms with Crippen LogP contribution in [0.15, 0.2) is 79.0 Å². The van der Waals surface area contributed by atoms with Crippen molar-refractivity contribution in [2.24, 2.45) is 7.05 Å². The number of amides is 3. The maximum Gasteiger partial charge on any atom is 0.408 e. The van der Waals surface area contributed by atoms with Gasteiger partial charge in [-0.25, -0.2) is 4.79 Å². The van der Waals surface area contributed by atoms with E-state index in [1.54, 1.807) is 93.3 Å². The van der Waals surface area contributed by atoms with Gasteiger partial charge in [0.25, 0.3) is 5.91 Å². The number of nitrogens with zero attached hydrogens (tertiary/aromatic N) is 3. The van der Waals surface area contributed by atoms with Crippen LogP contribution in [-0.4, -0.2) is 69.1 Å². The zero-order valence-electron chi connectivity index (χ0n) is 27.6. The monoisotopic (exact) mass is 649 g/mol. The SMILES string of the molecule is Cc1ccc(O)c(-c2nn(C)cc2C#Cc2ccc(NC(=O)[C@H]3COCCN3C(=O)[C@H](NC(=O)OC(C)(C)C)c3ccccc3)cc2)c1. The van der Waals surface area contributed by atoms with Gasteiger partial charge in [0.05, 0.1) is 18.8 Å². The van der Waals surface area contributed by atoms with Crippen LogP contribution in [0.1, 0.15) is 49.1 Å². The Balaban J connectivity index is 1.30. The molecule has 2 heterocycles. The van der Waals surface area contributed by atoms with Crippen molar-refractivity contribution in [2.45, 2.75) is 45.4 Å². The molecule has 0 aliphatic carbocycles. The Morgan fingerprint density at radius 2 is 1.77 bits per heavy atom. The second-order valence-corrected chi connectivity index (χ2v) is 12.5. The fourth-order valence-electron chi connectivity index (χ4n) is 5.23. The topological polar surface area (TPSA) is 135 Å². The number of anilines is 1. The van der Waals surface area contributed by atoms with Gasteiger partial charge >= 0.3 is 6.09 Å². The van der Waals surface area contributed by atoms with Crippen molar-refractivity contribution >= 4 is 23.6 Å². The molecule has 11 heteroatoms. The van der Waals surface area contributed by atoms with Gasteiger partial charge in [0.2, 0.25) is 5.91 Å². The number of morpholine rings is 1. The van der Waals surface area contributed by atoms with Crippen molar-refractivity contribution in [3.05, 3.63) is 101 Å². The lowest BCUT2D eigenvalue weighted by atomic mass is 10.0. The second kappa shape index (κ2) is 14.4. The van der Waals surface area contributed by atoms with Crippen LogP contribution in [0.25, 0.3) is 11.3 Å². The van der Waals surface area contributed by atoms with Crippen LogP contribution in [0.3, 0.4) is 0 Å². The van der Waals surface area contributed by atoms with Crippen molar-refractivity contribution in [3.63, 3.8) is 0 Å². The summed E-state index contributed by atoms with van der Waals surface area (Å²) in [6.07, 6.45) is 1.05. The Morgan fingerprint density at radius 1 is 1.04 bits per heavy atom. The lowest BCUT2D eigenvalue weighted by Crippen LogP contribution is -2.57. The quantitative estimate of drug-likeness (QED) is 0.252. The normalized spacial score (nSPS) is 15.1. The number of ether oxygens (including phenoxy) is 2. The van der Waals surface area contributed by atoms with Gasteiger partial charge in [-0.05, 0) is 69.7 Å². The lowest BCUT2D eigenvalue weighted by molar-refractivity contribution is -0.148. The number of phenols is 1. The molecule has 0 unspecified atom stereocenters. The summed E-state index contributed by atoms with van der Waals surface area (Å²) in [4.78, 5) is 41.6. The van der Waals surface area contributed by atoms with Crippen molar-refractivity contribution in [3.8, 4) is 28.8 Å². The van der Waals surface area contributed by atoms with Gasteiger partial charge < -0.3 is 30.1 Å². The van der Waals surface area contributed by atoms with E-state index in [2.05, 4.69) is 27.6 Å². The van der Waals surface area contributed by atoms with E-state index in [1.807, 2.05) is 25.1 Å². The molecule has 1 fully saturated rings. The molecule has 5 rings (SSSR count). The van der Waals surface area contributed by atoms with Crippen molar-refractivity contribution in [1.29, 1.82) is 0 Å². The molecule has 1 aliphatic rings. The maximum atomic E-state index is 13.9. The molecule has 3 N–H and O–H groups in total.